The second-order valence-corrected chi connectivity index (χ2v) is 7.34. The predicted octanol–water partition coefficient (Wildman–Crippen LogP) is 3.32. The van der Waals surface area contributed by atoms with E-state index in [1.807, 2.05) is 48.5 Å². The lowest BCUT2D eigenvalue weighted by atomic mass is 9.86. The zero-order valence-corrected chi connectivity index (χ0v) is 15.5. The van der Waals surface area contributed by atoms with Crippen molar-refractivity contribution in [3.8, 4) is 17.2 Å². The lowest BCUT2D eigenvalue weighted by Crippen LogP contribution is -2.42. The van der Waals surface area contributed by atoms with Crippen LogP contribution in [0.5, 0.6) is 17.2 Å². The molecule has 0 saturated heterocycles. The monoisotopic (exact) mass is 355 g/mol. The predicted molar refractivity (Wildman–Crippen MR) is 100.0 cm³/mol. The molecule has 0 aromatic heterocycles. The van der Waals surface area contributed by atoms with E-state index in [4.69, 9.17) is 14.2 Å². The van der Waals surface area contributed by atoms with Gasteiger partial charge in [0.05, 0.1) is 6.54 Å². The summed E-state index contributed by atoms with van der Waals surface area (Å²) in [4.78, 5) is 12.1. The lowest BCUT2D eigenvalue weighted by molar-refractivity contribution is -0.123. The van der Waals surface area contributed by atoms with Crippen LogP contribution >= 0.6 is 0 Å². The first-order chi connectivity index (χ1) is 12.4. The summed E-state index contributed by atoms with van der Waals surface area (Å²) in [5, 5.41) is 2.84. The van der Waals surface area contributed by atoms with Crippen LogP contribution in [0.1, 0.15) is 26.3 Å². The molecule has 26 heavy (non-hydrogen) atoms. The Labute approximate surface area is 154 Å². The Morgan fingerprint density at radius 1 is 1.12 bits per heavy atom. The summed E-state index contributed by atoms with van der Waals surface area (Å²) in [6.07, 6.45) is -0.212. The molecule has 0 fully saturated rings. The van der Waals surface area contributed by atoms with E-state index in [9.17, 15) is 4.79 Å². The van der Waals surface area contributed by atoms with E-state index in [-0.39, 0.29) is 24.0 Å². The average Bonchev–Trinajstić information content (AvgIpc) is 2.64. The second-order valence-electron chi connectivity index (χ2n) is 7.34. The normalized spacial score (nSPS) is 16.0. The number of para-hydroxylation sites is 3. The van der Waals surface area contributed by atoms with Crippen molar-refractivity contribution in [3.05, 3.63) is 54.1 Å². The molecule has 1 N–H and O–H groups in total. The molecular weight excluding hydrogens is 330 g/mol. The number of hydrogen-bond acceptors (Lipinski definition) is 4. The molecular formula is C21H25NO4. The van der Waals surface area contributed by atoms with Crippen molar-refractivity contribution in [2.45, 2.75) is 32.3 Å². The SMILES string of the molecule is CC(C)(C)c1ccccc1OCC(=O)NC[C@H]1COc2ccccc2O1. The highest BCUT2D eigenvalue weighted by molar-refractivity contribution is 5.77. The molecule has 0 unspecified atom stereocenters. The minimum absolute atomic E-state index is 0.0305. The molecule has 0 spiro atoms. The molecule has 2 aromatic carbocycles. The molecule has 1 aliphatic heterocycles. The number of nitrogens with one attached hydrogen (secondary N) is 1. The van der Waals surface area contributed by atoms with Crippen LogP contribution in [0.15, 0.2) is 48.5 Å². The van der Waals surface area contributed by atoms with Crippen LogP contribution in [-0.4, -0.2) is 31.8 Å². The van der Waals surface area contributed by atoms with Crippen LogP contribution in [0.2, 0.25) is 0 Å². The first kappa shape index (κ1) is 18.1. The Kier molecular flexibility index (Phi) is 5.35. The summed E-state index contributed by atoms with van der Waals surface area (Å²) in [5.74, 6) is 1.99. The summed E-state index contributed by atoms with van der Waals surface area (Å²) in [6, 6.07) is 15.3. The fourth-order valence-electron chi connectivity index (χ4n) is 2.80. The number of amides is 1. The Hall–Kier alpha value is -2.69. The molecule has 0 aliphatic carbocycles. The van der Waals surface area contributed by atoms with E-state index < -0.39 is 0 Å². The largest absolute Gasteiger partial charge is 0.486 e. The number of hydrogen-bond donors (Lipinski definition) is 1. The summed E-state index contributed by atoms with van der Waals surface area (Å²) in [7, 11) is 0. The second kappa shape index (κ2) is 7.68. The Bertz CT molecular complexity index is 767. The third kappa shape index (κ3) is 4.48. The number of ether oxygens (including phenoxy) is 3. The highest BCUT2D eigenvalue weighted by Gasteiger charge is 2.22. The first-order valence-corrected chi connectivity index (χ1v) is 8.81. The molecule has 3 rings (SSSR count). The molecule has 0 saturated carbocycles. The zero-order chi connectivity index (χ0) is 18.6. The van der Waals surface area contributed by atoms with Crippen molar-refractivity contribution >= 4 is 5.91 Å². The van der Waals surface area contributed by atoms with Gasteiger partial charge < -0.3 is 19.5 Å². The standard InChI is InChI=1S/C21H25NO4/c1-21(2,3)16-8-4-5-9-17(16)25-14-20(23)22-12-15-13-24-18-10-6-7-11-19(18)26-15/h4-11,15H,12-14H2,1-3H3,(H,22,23)/t15-/m0/s1. The Balaban J connectivity index is 1.49. The number of rotatable bonds is 5. The molecule has 5 nitrogen and oxygen atoms in total. The van der Waals surface area contributed by atoms with Crippen LogP contribution in [0.25, 0.3) is 0 Å². The third-order valence-corrected chi connectivity index (χ3v) is 4.15. The van der Waals surface area contributed by atoms with Crippen LogP contribution < -0.4 is 19.5 Å². The van der Waals surface area contributed by atoms with Crippen LogP contribution in [-0.2, 0) is 10.2 Å². The smallest absolute Gasteiger partial charge is 0.258 e. The van der Waals surface area contributed by atoms with E-state index in [0.29, 0.717) is 18.9 Å². The van der Waals surface area contributed by atoms with Crippen molar-refractivity contribution in [3.63, 3.8) is 0 Å². The summed E-state index contributed by atoms with van der Waals surface area (Å²) in [6.45, 7) is 7.11. The van der Waals surface area contributed by atoms with E-state index >= 15 is 0 Å². The maximum absolute atomic E-state index is 12.1. The van der Waals surface area contributed by atoms with Crippen LogP contribution in [0.3, 0.4) is 0 Å². The molecule has 138 valence electrons. The highest BCUT2D eigenvalue weighted by Crippen LogP contribution is 2.31. The molecule has 1 aliphatic rings. The van der Waals surface area contributed by atoms with Crippen molar-refractivity contribution in [2.75, 3.05) is 19.8 Å². The average molecular weight is 355 g/mol. The van der Waals surface area contributed by atoms with Gasteiger partial charge in [0.2, 0.25) is 0 Å². The van der Waals surface area contributed by atoms with Gasteiger partial charge >= 0.3 is 0 Å². The topological polar surface area (TPSA) is 56.8 Å². The van der Waals surface area contributed by atoms with Gasteiger partial charge in [-0.3, -0.25) is 4.79 Å². The number of carbonyl (C=O) groups is 1. The van der Waals surface area contributed by atoms with E-state index in [2.05, 4.69) is 26.1 Å². The van der Waals surface area contributed by atoms with Gasteiger partial charge in [0, 0.05) is 0 Å². The Morgan fingerprint density at radius 3 is 2.58 bits per heavy atom. The Morgan fingerprint density at radius 2 is 1.81 bits per heavy atom. The van der Waals surface area contributed by atoms with Crippen LogP contribution in [0.4, 0.5) is 0 Å². The van der Waals surface area contributed by atoms with Crippen molar-refractivity contribution < 1.29 is 19.0 Å². The summed E-state index contributed by atoms with van der Waals surface area (Å²) >= 11 is 0. The van der Waals surface area contributed by atoms with Crippen molar-refractivity contribution in [1.29, 1.82) is 0 Å². The fourth-order valence-corrected chi connectivity index (χ4v) is 2.80. The van der Waals surface area contributed by atoms with Crippen molar-refractivity contribution in [2.24, 2.45) is 0 Å². The van der Waals surface area contributed by atoms with Gasteiger partial charge in [-0.1, -0.05) is 51.1 Å². The molecule has 1 atom stereocenters. The molecule has 2 aromatic rings. The maximum Gasteiger partial charge on any atom is 0.258 e. The fraction of sp³-hybridized carbons (Fsp3) is 0.381. The maximum atomic E-state index is 12.1. The quantitative estimate of drug-likeness (QED) is 0.894. The van der Waals surface area contributed by atoms with Gasteiger partial charge in [-0.2, -0.15) is 0 Å². The van der Waals surface area contributed by atoms with Gasteiger partial charge in [-0.05, 0) is 29.2 Å². The van der Waals surface area contributed by atoms with Gasteiger partial charge in [-0.25, -0.2) is 0 Å². The number of carbonyl (C=O) groups excluding carboxylic acids is 1. The van der Waals surface area contributed by atoms with Gasteiger partial charge in [0.25, 0.3) is 5.91 Å². The van der Waals surface area contributed by atoms with E-state index in [1.54, 1.807) is 0 Å². The summed E-state index contributed by atoms with van der Waals surface area (Å²) in [5.41, 5.74) is 1.03. The van der Waals surface area contributed by atoms with E-state index in [1.165, 1.54) is 0 Å². The van der Waals surface area contributed by atoms with Crippen molar-refractivity contribution in [1.82, 2.24) is 5.32 Å². The van der Waals surface area contributed by atoms with E-state index in [0.717, 1.165) is 17.1 Å². The third-order valence-electron chi connectivity index (χ3n) is 4.15. The minimum atomic E-state index is -0.212. The summed E-state index contributed by atoms with van der Waals surface area (Å²) < 4.78 is 17.2. The molecule has 0 radical (unpaired) electrons. The van der Waals surface area contributed by atoms with Gasteiger partial charge in [0.1, 0.15) is 18.5 Å². The lowest BCUT2D eigenvalue weighted by Gasteiger charge is -2.26. The molecule has 0 bridgehead atoms. The number of fused-ring (bicyclic) bond motifs is 1. The molecule has 5 heteroatoms. The first-order valence-electron chi connectivity index (χ1n) is 8.81. The van der Waals surface area contributed by atoms with Crippen LogP contribution in [0, 0.1) is 0 Å². The highest BCUT2D eigenvalue weighted by atomic mass is 16.6. The van der Waals surface area contributed by atoms with Gasteiger partial charge in [0.15, 0.2) is 18.1 Å². The van der Waals surface area contributed by atoms with Gasteiger partial charge in [-0.15, -0.1) is 0 Å². The zero-order valence-electron chi connectivity index (χ0n) is 15.5. The minimum Gasteiger partial charge on any atom is -0.486 e. The molecule has 1 heterocycles. The molecule has 1 amide bonds. The number of benzene rings is 2.